The standard InChI is InChI=1S/C27H22Cl2N4O2/c1-16-23(26(34)32(30-16)19-9-5-3-6-10-19)25(21-15-18(28)13-14-22(21)29)24-17(2)31-33(27(24)35)20-11-7-4-8-12-20/h3-15,25,30-31H,1-2H3. The largest absolute Gasteiger partial charge is 0.295 e. The molecule has 0 saturated heterocycles. The molecule has 176 valence electrons. The van der Waals surface area contributed by atoms with E-state index in [4.69, 9.17) is 23.2 Å². The van der Waals surface area contributed by atoms with E-state index in [1.807, 2.05) is 74.5 Å². The fourth-order valence-corrected chi connectivity index (χ4v) is 4.92. The van der Waals surface area contributed by atoms with Gasteiger partial charge in [-0.05, 0) is 61.9 Å². The molecule has 0 radical (unpaired) electrons. The zero-order valence-corrected chi connectivity index (χ0v) is 20.6. The first kappa shape index (κ1) is 23.0. The van der Waals surface area contributed by atoms with E-state index >= 15 is 0 Å². The summed E-state index contributed by atoms with van der Waals surface area (Å²) in [7, 11) is 0. The third kappa shape index (κ3) is 4.05. The highest BCUT2D eigenvalue weighted by Crippen LogP contribution is 2.37. The molecule has 6 nitrogen and oxygen atoms in total. The third-order valence-electron chi connectivity index (χ3n) is 6.11. The molecule has 2 aromatic heterocycles. The van der Waals surface area contributed by atoms with Gasteiger partial charge >= 0.3 is 0 Å². The van der Waals surface area contributed by atoms with Gasteiger partial charge in [-0.15, -0.1) is 0 Å². The number of hydrogen-bond acceptors (Lipinski definition) is 2. The normalized spacial score (nSPS) is 11.3. The Morgan fingerprint density at radius 2 is 1.14 bits per heavy atom. The van der Waals surface area contributed by atoms with Crippen molar-refractivity contribution in [2.45, 2.75) is 19.8 Å². The molecule has 35 heavy (non-hydrogen) atoms. The van der Waals surface area contributed by atoms with E-state index in [-0.39, 0.29) is 11.1 Å². The second-order valence-corrected chi connectivity index (χ2v) is 9.20. The average Bonchev–Trinajstić information content (AvgIpc) is 3.33. The van der Waals surface area contributed by atoms with Crippen molar-refractivity contribution in [2.24, 2.45) is 0 Å². The summed E-state index contributed by atoms with van der Waals surface area (Å²) in [6.07, 6.45) is 0. The van der Waals surface area contributed by atoms with E-state index in [2.05, 4.69) is 10.2 Å². The number of aromatic nitrogens is 4. The van der Waals surface area contributed by atoms with Crippen LogP contribution < -0.4 is 11.1 Å². The summed E-state index contributed by atoms with van der Waals surface area (Å²) in [5.41, 5.74) is 3.55. The number of H-pyrrole nitrogens is 2. The first-order valence-corrected chi connectivity index (χ1v) is 11.8. The SMILES string of the molecule is Cc1[nH]n(-c2ccccc2)c(=O)c1C(c1cc(Cl)ccc1Cl)c1c(C)[nH]n(-c2ccccc2)c1=O. The van der Waals surface area contributed by atoms with Crippen LogP contribution in [0.1, 0.15) is 34.0 Å². The van der Waals surface area contributed by atoms with E-state index < -0.39 is 5.92 Å². The smallest absolute Gasteiger partial charge is 0.275 e. The van der Waals surface area contributed by atoms with E-state index in [0.717, 1.165) is 0 Å². The summed E-state index contributed by atoms with van der Waals surface area (Å²) < 4.78 is 2.96. The van der Waals surface area contributed by atoms with Crippen molar-refractivity contribution in [3.05, 3.63) is 138 Å². The van der Waals surface area contributed by atoms with Crippen LogP contribution in [0, 0.1) is 13.8 Å². The Morgan fingerprint density at radius 1 is 0.686 bits per heavy atom. The first-order valence-electron chi connectivity index (χ1n) is 11.1. The average molecular weight is 505 g/mol. The lowest BCUT2D eigenvalue weighted by atomic mass is 9.85. The van der Waals surface area contributed by atoms with Gasteiger partial charge in [0.1, 0.15) is 0 Å². The number of para-hydroxylation sites is 2. The van der Waals surface area contributed by atoms with E-state index in [1.165, 1.54) is 9.36 Å². The molecule has 8 heteroatoms. The molecule has 0 aliphatic heterocycles. The van der Waals surface area contributed by atoms with Gasteiger partial charge in [0.05, 0.1) is 28.4 Å². The molecule has 0 aliphatic rings. The Morgan fingerprint density at radius 3 is 1.60 bits per heavy atom. The van der Waals surface area contributed by atoms with Crippen LogP contribution in [0.15, 0.2) is 88.5 Å². The van der Waals surface area contributed by atoms with Gasteiger partial charge in [-0.2, -0.15) is 0 Å². The summed E-state index contributed by atoms with van der Waals surface area (Å²) in [5, 5.41) is 7.21. The highest BCUT2D eigenvalue weighted by atomic mass is 35.5. The van der Waals surface area contributed by atoms with Crippen LogP contribution >= 0.6 is 23.2 Å². The monoisotopic (exact) mass is 504 g/mol. The second-order valence-electron chi connectivity index (χ2n) is 8.35. The number of nitrogens with one attached hydrogen (secondary N) is 2. The molecular weight excluding hydrogens is 483 g/mol. The minimum atomic E-state index is -0.747. The van der Waals surface area contributed by atoms with Gasteiger partial charge in [-0.1, -0.05) is 59.6 Å². The van der Waals surface area contributed by atoms with Crippen molar-refractivity contribution in [1.29, 1.82) is 0 Å². The van der Waals surface area contributed by atoms with E-state index in [0.29, 0.717) is 49.5 Å². The molecule has 5 aromatic rings. The lowest BCUT2D eigenvalue weighted by Crippen LogP contribution is -2.25. The number of halogens is 2. The predicted octanol–water partition coefficient (Wildman–Crippen LogP) is 5.75. The molecule has 0 atom stereocenters. The molecule has 0 fully saturated rings. The van der Waals surface area contributed by atoms with Crippen LogP contribution in [-0.4, -0.2) is 19.6 Å². The maximum absolute atomic E-state index is 13.8. The summed E-state index contributed by atoms with van der Waals surface area (Å²) in [6, 6.07) is 23.6. The molecule has 0 saturated carbocycles. The van der Waals surface area contributed by atoms with Crippen LogP contribution in [0.4, 0.5) is 0 Å². The zero-order valence-electron chi connectivity index (χ0n) is 19.0. The van der Waals surface area contributed by atoms with Gasteiger partial charge in [0, 0.05) is 21.4 Å². The maximum Gasteiger partial charge on any atom is 0.275 e. The van der Waals surface area contributed by atoms with Gasteiger partial charge in [-0.25, -0.2) is 9.36 Å². The zero-order chi connectivity index (χ0) is 24.7. The lowest BCUT2D eigenvalue weighted by Gasteiger charge is -2.17. The molecule has 0 aliphatic carbocycles. The molecule has 0 spiro atoms. The Labute approximate surface area is 211 Å². The Balaban J connectivity index is 1.81. The van der Waals surface area contributed by atoms with Crippen molar-refractivity contribution >= 4 is 23.2 Å². The Hall–Kier alpha value is -3.74. The molecular formula is C27H22Cl2N4O2. The lowest BCUT2D eigenvalue weighted by molar-refractivity contribution is 0.830. The number of benzene rings is 3. The number of rotatable bonds is 5. The van der Waals surface area contributed by atoms with Crippen LogP contribution in [0.25, 0.3) is 11.4 Å². The summed E-state index contributed by atoms with van der Waals surface area (Å²) in [4.78, 5) is 27.6. The van der Waals surface area contributed by atoms with Crippen molar-refractivity contribution in [3.63, 3.8) is 0 Å². The van der Waals surface area contributed by atoms with Crippen molar-refractivity contribution in [1.82, 2.24) is 19.6 Å². The van der Waals surface area contributed by atoms with Gasteiger partial charge in [0.15, 0.2) is 0 Å². The van der Waals surface area contributed by atoms with Crippen LogP contribution in [0.5, 0.6) is 0 Å². The number of hydrogen-bond donors (Lipinski definition) is 2. The molecule has 3 aromatic carbocycles. The summed E-state index contributed by atoms with van der Waals surface area (Å²) in [6.45, 7) is 3.64. The summed E-state index contributed by atoms with van der Waals surface area (Å²) in [5.74, 6) is -0.747. The van der Waals surface area contributed by atoms with Crippen molar-refractivity contribution in [3.8, 4) is 11.4 Å². The number of nitrogens with zero attached hydrogens (tertiary/aromatic N) is 2. The van der Waals surface area contributed by atoms with Crippen LogP contribution in [0.2, 0.25) is 10.0 Å². The van der Waals surface area contributed by atoms with Crippen LogP contribution in [-0.2, 0) is 0 Å². The first-order chi connectivity index (χ1) is 16.9. The molecule has 2 N–H and O–H groups in total. The highest BCUT2D eigenvalue weighted by molar-refractivity contribution is 6.33. The Kier molecular flexibility index (Phi) is 6.01. The summed E-state index contributed by atoms with van der Waals surface area (Å²) >= 11 is 13.0. The van der Waals surface area contributed by atoms with Gasteiger partial charge in [0.25, 0.3) is 11.1 Å². The molecule has 0 unspecified atom stereocenters. The minimum absolute atomic E-state index is 0.263. The second kappa shape index (κ2) is 9.13. The van der Waals surface area contributed by atoms with E-state index in [1.54, 1.807) is 18.2 Å². The maximum atomic E-state index is 13.8. The third-order valence-corrected chi connectivity index (χ3v) is 6.69. The van der Waals surface area contributed by atoms with E-state index in [9.17, 15) is 9.59 Å². The molecule has 2 heterocycles. The van der Waals surface area contributed by atoms with Crippen LogP contribution in [0.3, 0.4) is 0 Å². The molecule has 5 rings (SSSR count). The fraction of sp³-hybridized carbons (Fsp3) is 0.111. The highest BCUT2D eigenvalue weighted by Gasteiger charge is 2.32. The quantitative estimate of drug-likeness (QED) is 0.319. The van der Waals surface area contributed by atoms with Crippen molar-refractivity contribution < 1.29 is 0 Å². The topological polar surface area (TPSA) is 75.6 Å². The molecule has 0 amide bonds. The number of aryl methyl sites for hydroxylation is 2. The van der Waals surface area contributed by atoms with Gasteiger partial charge in [-0.3, -0.25) is 19.8 Å². The fourth-order valence-electron chi connectivity index (χ4n) is 4.51. The number of aromatic amines is 2. The van der Waals surface area contributed by atoms with Crippen molar-refractivity contribution in [2.75, 3.05) is 0 Å². The Bertz CT molecular complexity index is 1530. The van der Waals surface area contributed by atoms with Gasteiger partial charge in [0.2, 0.25) is 0 Å². The minimum Gasteiger partial charge on any atom is -0.295 e. The van der Waals surface area contributed by atoms with Gasteiger partial charge < -0.3 is 0 Å². The predicted molar refractivity (Wildman–Crippen MR) is 140 cm³/mol. The molecule has 0 bridgehead atoms.